The molecule has 0 amide bonds. The topological polar surface area (TPSA) is 77.8 Å². The van der Waals surface area contributed by atoms with Gasteiger partial charge in [-0.25, -0.2) is 12.8 Å². The molecule has 5 nitrogen and oxygen atoms in total. The zero-order valence-corrected chi connectivity index (χ0v) is 12.9. The standard InChI is InChI=1S/C14H18FNO4S/c1-14(2,10-18)16(3)21(19,20)13-7-6-11(5-4-8-17)9-12(13)15/h6-7,9,17-18H,8,10H2,1-3H3. The summed E-state index contributed by atoms with van der Waals surface area (Å²) in [4.78, 5) is -0.485. The summed E-state index contributed by atoms with van der Waals surface area (Å²) in [6.07, 6.45) is 0. The van der Waals surface area contributed by atoms with Gasteiger partial charge >= 0.3 is 0 Å². The van der Waals surface area contributed by atoms with E-state index in [1.807, 2.05) is 0 Å². The normalized spacial score (nSPS) is 12.1. The second-order valence-corrected chi connectivity index (χ2v) is 6.99. The zero-order chi connectivity index (χ0) is 16.3. The second-order valence-electron chi connectivity index (χ2n) is 5.05. The van der Waals surface area contributed by atoms with Crippen LogP contribution in [0, 0.1) is 17.7 Å². The Bertz CT molecular complexity index is 674. The van der Waals surface area contributed by atoms with Crippen LogP contribution in [0.3, 0.4) is 0 Å². The van der Waals surface area contributed by atoms with Crippen molar-refractivity contribution in [1.29, 1.82) is 0 Å². The smallest absolute Gasteiger partial charge is 0.246 e. The molecule has 7 heteroatoms. The van der Waals surface area contributed by atoms with Crippen LogP contribution in [0.4, 0.5) is 4.39 Å². The fraction of sp³-hybridized carbons (Fsp3) is 0.429. The molecule has 116 valence electrons. The molecule has 2 N–H and O–H groups in total. The van der Waals surface area contributed by atoms with E-state index in [2.05, 4.69) is 11.8 Å². The third-order valence-corrected chi connectivity index (χ3v) is 5.22. The molecule has 0 spiro atoms. The number of halogens is 1. The summed E-state index contributed by atoms with van der Waals surface area (Å²) < 4.78 is 39.7. The minimum absolute atomic E-state index is 0.268. The van der Waals surface area contributed by atoms with Crippen LogP contribution >= 0.6 is 0 Å². The Kier molecular flexibility index (Phi) is 5.48. The number of benzene rings is 1. The number of likely N-dealkylation sites (N-methyl/N-ethyl adjacent to an activating group) is 1. The number of nitrogens with zero attached hydrogens (tertiary/aromatic N) is 1. The van der Waals surface area contributed by atoms with E-state index in [0.29, 0.717) is 0 Å². The van der Waals surface area contributed by atoms with Crippen molar-refractivity contribution >= 4 is 10.0 Å². The van der Waals surface area contributed by atoms with Crippen LogP contribution < -0.4 is 0 Å². The Labute approximate surface area is 124 Å². The summed E-state index contributed by atoms with van der Waals surface area (Å²) in [6.45, 7) is 2.30. The molecule has 0 saturated carbocycles. The molecule has 0 unspecified atom stereocenters. The highest BCUT2D eigenvalue weighted by Crippen LogP contribution is 2.25. The molecule has 1 rings (SSSR count). The number of hydrogen-bond donors (Lipinski definition) is 2. The van der Waals surface area contributed by atoms with Gasteiger partial charge in [-0.2, -0.15) is 4.31 Å². The lowest BCUT2D eigenvalue weighted by Crippen LogP contribution is -2.47. The van der Waals surface area contributed by atoms with Crippen molar-refractivity contribution in [2.45, 2.75) is 24.3 Å². The predicted molar refractivity (Wildman–Crippen MR) is 76.5 cm³/mol. The number of hydrogen-bond acceptors (Lipinski definition) is 4. The van der Waals surface area contributed by atoms with Crippen molar-refractivity contribution in [3.63, 3.8) is 0 Å². The maximum Gasteiger partial charge on any atom is 0.246 e. The monoisotopic (exact) mass is 315 g/mol. The van der Waals surface area contributed by atoms with Gasteiger partial charge in [0.1, 0.15) is 17.3 Å². The van der Waals surface area contributed by atoms with Crippen molar-refractivity contribution in [3.8, 4) is 11.8 Å². The molecule has 0 aliphatic carbocycles. The van der Waals surface area contributed by atoms with E-state index >= 15 is 0 Å². The van der Waals surface area contributed by atoms with Crippen molar-refractivity contribution < 1.29 is 23.0 Å². The van der Waals surface area contributed by atoms with Crippen LogP contribution in [0.15, 0.2) is 23.1 Å². The molecule has 1 aromatic rings. The Balaban J connectivity index is 3.27. The lowest BCUT2D eigenvalue weighted by Gasteiger charge is -2.32. The maximum absolute atomic E-state index is 14.0. The second kappa shape index (κ2) is 6.54. The van der Waals surface area contributed by atoms with Crippen LogP contribution in [-0.4, -0.2) is 48.7 Å². The first kappa shape index (κ1) is 17.6. The zero-order valence-electron chi connectivity index (χ0n) is 12.1. The van der Waals surface area contributed by atoms with E-state index < -0.39 is 32.9 Å². The van der Waals surface area contributed by atoms with Gasteiger partial charge in [-0.1, -0.05) is 11.8 Å². The van der Waals surface area contributed by atoms with Gasteiger partial charge in [0.2, 0.25) is 10.0 Å². The highest BCUT2D eigenvalue weighted by Gasteiger charge is 2.35. The summed E-state index contributed by atoms with van der Waals surface area (Å²) in [5.74, 6) is 3.92. The number of aliphatic hydroxyl groups excluding tert-OH is 2. The summed E-state index contributed by atoms with van der Waals surface area (Å²) in [7, 11) is -2.79. The number of sulfonamides is 1. The predicted octanol–water partition coefficient (Wildman–Crippen LogP) is 0.561. The van der Waals surface area contributed by atoms with E-state index in [1.54, 1.807) is 0 Å². The van der Waals surface area contributed by atoms with Crippen molar-refractivity contribution in [3.05, 3.63) is 29.6 Å². The quantitative estimate of drug-likeness (QED) is 0.796. The van der Waals surface area contributed by atoms with Gasteiger partial charge in [0.05, 0.1) is 12.1 Å². The Hall–Kier alpha value is -1.46. The lowest BCUT2D eigenvalue weighted by atomic mass is 10.1. The third kappa shape index (κ3) is 3.80. The molecule has 0 aliphatic heterocycles. The first-order valence-corrected chi connectivity index (χ1v) is 7.60. The Morgan fingerprint density at radius 1 is 1.33 bits per heavy atom. The highest BCUT2D eigenvalue weighted by molar-refractivity contribution is 7.89. The van der Waals surface area contributed by atoms with Crippen LogP contribution in [0.1, 0.15) is 19.4 Å². The Morgan fingerprint density at radius 2 is 1.95 bits per heavy atom. The molecule has 0 bridgehead atoms. The lowest BCUT2D eigenvalue weighted by molar-refractivity contribution is 0.137. The molecule has 0 atom stereocenters. The average molecular weight is 315 g/mol. The fourth-order valence-corrected chi connectivity index (χ4v) is 3.05. The van der Waals surface area contributed by atoms with E-state index in [4.69, 9.17) is 5.11 Å². The molecule has 21 heavy (non-hydrogen) atoms. The van der Waals surface area contributed by atoms with Crippen molar-refractivity contribution in [2.24, 2.45) is 0 Å². The van der Waals surface area contributed by atoms with E-state index in [1.165, 1.54) is 27.0 Å². The average Bonchev–Trinajstić information content (AvgIpc) is 2.43. The van der Waals surface area contributed by atoms with E-state index in [-0.39, 0.29) is 12.2 Å². The highest BCUT2D eigenvalue weighted by atomic mass is 32.2. The van der Waals surface area contributed by atoms with Crippen LogP contribution in [0.5, 0.6) is 0 Å². The van der Waals surface area contributed by atoms with Gasteiger partial charge < -0.3 is 10.2 Å². The minimum atomic E-state index is -4.08. The first-order chi connectivity index (χ1) is 9.66. The molecule has 0 heterocycles. The fourth-order valence-electron chi connectivity index (χ4n) is 1.50. The number of rotatable bonds is 4. The van der Waals surface area contributed by atoms with Gasteiger partial charge in [-0.3, -0.25) is 0 Å². The van der Waals surface area contributed by atoms with E-state index in [0.717, 1.165) is 16.4 Å². The van der Waals surface area contributed by atoms with Crippen LogP contribution in [0.25, 0.3) is 0 Å². The largest absolute Gasteiger partial charge is 0.394 e. The molecular formula is C14H18FNO4S. The van der Waals surface area contributed by atoms with Crippen molar-refractivity contribution in [1.82, 2.24) is 4.31 Å². The molecule has 0 aliphatic rings. The van der Waals surface area contributed by atoms with E-state index in [9.17, 15) is 17.9 Å². The summed E-state index contributed by atoms with van der Waals surface area (Å²) in [6, 6.07) is 3.48. The third-order valence-electron chi connectivity index (χ3n) is 3.12. The molecule has 1 aromatic carbocycles. The van der Waals surface area contributed by atoms with Gasteiger partial charge in [-0.05, 0) is 32.0 Å². The van der Waals surface area contributed by atoms with Crippen LogP contribution in [-0.2, 0) is 10.0 Å². The maximum atomic E-state index is 14.0. The summed E-state index contributed by atoms with van der Waals surface area (Å²) >= 11 is 0. The SMILES string of the molecule is CN(C(C)(C)CO)S(=O)(=O)c1ccc(C#CCO)cc1F. The Morgan fingerprint density at radius 3 is 2.43 bits per heavy atom. The minimum Gasteiger partial charge on any atom is -0.394 e. The molecule has 0 aromatic heterocycles. The summed E-state index contributed by atoms with van der Waals surface area (Å²) in [5.41, 5.74) is -0.787. The van der Waals surface area contributed by atoms with Crippen molar-refractivity contribution in [2.75, 3.05) is 20.3 Å². The number of aliphatic hydroxyl groups is 2. The molecule has 0 fully saturated rings. The molecular weight excluding hydrogens is 297 g/mol. The summed E-state index contributed by atoms with van der Waals surface area (Å²) in [5, 5.41) is 17.8. The van der Waals surface area contributed by atoms with Gasteiger partial charge in [-0.15, -0.1) is 0 Å². The first-order valence-electron chi connectivity index (χ1n) is 6.16. The van der Waals surface area contributed by atoms with Gasteiger partial charge in [0.15, 0.2) is 0 Å². The van der Waals surface area contributed by atoms with Gasteiger partial charge in [0.25, 0.3) is 0 Å². The van der Waals surface area contributed by atoms with Crippen LogP contribution in [0.2, 0.25) is 0 Å². The molecule has 0 saturated heterocycles. The molecule has 0 radical (unpaired) electrons. The van der Waals surface area contributed by atoms with Gasteiger partial charge in [0, 0.05) is 12.6 Å².